The van der Waals surface area contributed by atoms with E-state index in [1.807, 2.05) is 0 Å². The number of aliphatic hydroxyl groups is 1. The van der Waals surface area contributed by atoms with E-state index < -0.39 is 55.0 Å². The van der Waals surface area contributed by atoms with Crippen LogP contribution in [0.15, 0.2) is 48.5 Å². The molecule has 4 heterocycles. The highest BCUT2D eigenvalue weighted by Crippen LogP contribution is 2.42. The standard InChI is InChI=1S/C21H16Cl2O8.C4H8O/c22-11-5-1-9(2-6-11)19(25)27-16-14-13(24)15-17(18(16)31-21(29-14)30-15)28-20(26)10-3-7-12(23)8-4-10;1-2-4-5-3-1/h1-8,13-18,21,24H;1-4H2/t13?,14-,15+,16-,17-,18?,21?;/m1./s1. The number of halogens is 2. The topological polar surface area (TPSA) is 110 Å². The van der Waals surface area contributed by atoms with Gasteiger partial charge in [-0.1, -0.05) is 23.2 Å². The van der Waals surface area contributed by atoms with Crippen molar-refractivity contribution in [1.29, 1.82) is 0 Å². The second kappa shape index (κ2) is 11.0. The van der Waals surface area contributed by atoms with Gasteiger partial charge in [0.2, 0.25) is 0 Å². The lowest BCUT2D eigenvalue weighted by molar-refractivity contribution is -0.479. The number of rotatable bonds is 4. The fourth-order valence-electron chi connectivity index (χ4n) is 4.42. The van der Waals surface area contributed by atoms with Crippen LogP contribution in [-0.4, -0.2) is 73.4 Å². The Bertz CT molecular complexity index is 989. The Labute approximate surface area is 217 Å². The third-order valence-electron chi connectivity index (χ3n) is 6.25. The van der Waals surface area contributed by atoms with Crippen LogP contribution in [0.3, 0.4) is 0 Å². The molecule has 1 aliphatic carbocycles. The second-order valence-corrected chi connectivity index (χ2v) is 9.53. The van der Waals surface area contributed by atoms with Crippen LogP contribution in [0.1, 0.15) is 33.6 Å². The van der Waals surface area contributed by atoms with E-state index in [9.17, 15) is 14.7 Å². The molecule has 1 N–H and O–H groups in total. The molecule has 36 heavy (non-hydrogen) atoms. The van der Waals surface area contributed by atoms with Crippen molar-refractivity contribution in [2.24, 2.45) is 0 Å². The summed E-state index contributed by atoms with van der Waals surface area (Å²) in [6, 6.07) is 12.3. The number of carbonyl (C=O) groups excluding carboxylic acids is 2. The normalized spacial score (nSPS) is 31.9. The number of esters is 2. The Kier molecular flexibility index (Phi) is 7.78. The molecule has 1 saturated carbocycles. The number of carbonyl (C=O) groups is 2. The second-order valence-electron chi connectivity index (χ2n) is 8.65. The summed E-state index contributed by atoms with van der Waals surface area (Å²) in [4.78, 5) is 25.3. The summed E-state index contributed by atoms with van der Waals surface area (Å²) in [7, 11) is 0. The van der Waals surface area contributed by atoms with Gasteiger partial charge in [-0.3, -0.25) is 0 Å². The molecule has 2 aromatic rings. The Hall–Kier alpha value is -2.24. The molecule has 9 nitrogen and oxygen atoms in total. The Balaban J connectivity index is 0.000000477. The van der Waals surface area contributed by atoms with Crippen molar-refractivity contribution in [3.05, 3.63) is 69.7 Å². The van der Waals surface area contributed by atoms with Gasteiger partial charge in [0, 0.05) is 23.3 Å². The predicted octanol–water partition coefficient (Wildman–Crippen LogP) is 3.38. The van der Waals surface area contributed by atoms with Crippen LogP contribution in [0, 0.1) is 0 Å². The van der Waals surface area contributed by atoms with Crippen molar-refractivity contribution in [2.75, 3.05) is 13.2 Å². The fraction of sp³-hybridized carbons (Fsp3) is 0.440. The summed E-state index contributed by atoms with van der Waals surface area (Å²) in [5.41, 5.74) is 0.525. The lowest BCUT2D eigenvalue weighted by Crippen LogP contribution is -2.76. The van der Waals surface area contributed by atoms with E-state index in [1.165, 1.54) is 37.1 Å². The van der Waals surface area contributed by atoms with Gasteiger partial charge < -0.3 is 33.5 Å². The largest absolute Gasteiger partial charge is 0.453 e. The molecular formula is C25H24Cl2O9. The number of ether oxygens (including phenoxy) is 6. The van der Waals surface area contributed by atoms with Gasteiger partial charge in [0.1, 0.15) is 24.4 Å². The maximum Gasteiger partial charge on any atom is 0.338 e. The van der Waals surface area contributed by atoms with Crippen LogP contribution < -0.4 is 0 Å². The van der Waals surface area contributed by atoms with Crippen molar-refractivity contribution in [1.82, 2.24) is 0 Å². The van der Waals surface area contributed by atoms with E-state index in [2.05, 4.69) is 0 Å². The maximum atomic E-state index is 12.6. The van der Waals surface area contributed by atoms with Gasteiger partial charge in [-0.2, -0.15) is 0 Å². The molecule has 192 valence electrons. The van der Waals surface area contributed by atoms with Gasteiger partial charge in [0.05, 0.1) is 11.1 Å². The minimum Gasteiger partial charge on any atom is -0.453 e. The van der Waals surface area contributed by atoms with E-state index in [0.29, 0.717) is 10.0 Å². The highest BCUT2D eigenvalue weighted by Gasteiger charge is 2.64. The monoisotopic (exact) mass is 538 g/mol. The summed E-state index contributed by atoms with van der Waals surface area (Å²) in [5.74, 6) is -1.31. The highest BCUT2D eigenvalue weighted by atomic mass is 35.5. The first-order chi connectivity index (χ1) is 17.4. The maximum absolute atomic E-state index is 12.6. The van der Waals surface area contributed by atoms with Crippen molar-refractivity contribution < 1.29 is 43.1 Å². The van der Waals surface area contributed by atoms with Gasteiger partial charge in [-0.05, 0) is 61.4 Å². The molecule has 0 amide bonds. The van der Waals surface area contributed by atoms with Crippen molar-refractivity contribution in [3.63, 3.8) is 0 Å². The molecule has 0 radical (unpaired) electrons. The first kappa shape index (κ1) is 25.4. The van der Waals surface area contributed by atoms with Crippen molar-refractivity contribution in [2.45, 2.75) is 55.9 Å². The van der Waals surface area contributed by atoms with Gasteiger partial charge >= 0.3 is 11.9 Å². The minimum atomic E-state index is -1.19. The average molecular weight is 539 g/mol. The summed E-state index contributed by atoms with van der Waals surface area (Å²) >= 11 is 11.7. The Morgan fingerprint density at radius 2 is 1.14 bits per heavy atom. The lowest BCUT2D eigenvalue weighted by Gasteiger charge is -2.56. The zero-order valence-electron chi connectivity index (χ0n) is 19.0. The molecule has 7 rings (SSSR count). The minimum absolute atomic E-state index is 0.263. The first-order valence-electron chi connectivity index (χ1n) is 11.6. The van der Waals surface area contributed by atoms with Crippen molar-refractivity contribution in [3.8, 4) is 0 Å². The number of aliphatic hydroxyl groups excluding tert-OH is 1. The lowest BCUT2D eigenvalue weighted by atomic mass is 9.82. The van der Waals surface area contributed by atoms with E-state index in [1.54, 1.807) is 24.3 Å². The smallest absolute Gasteiger partial charge is 0.338 e. The summed E-state index contributed by atoms with van der Waals surface area (Å²) in [6.45, 7) is 0.958. The Morgan fingerprint density at radius 1 is 0.722 bits per heavy atom. The van der Waals surface area contributed by atoms with Crippen LogP contribution in [0.25, 0.3) is 0 Å². The molecule has 4 bridgehead atoms. The molecule has 4 saturated heterocycles. The third-order valence-corrected chi connectivity index (χ3v) is 6.75. The number of hydrogen-bond acceptors (Lipinski definition) is 9. The zero-order valence-corrected chi connectivity index (χ0v) is 20.5. The van der Waals surface area contributed by atoms with Crippen LogP contribution in [-0.2, 0) is 28.4 Å². The first-order valence-corrected chi connectivity index (χ1v) is 12.3. The summed E-state index contributed by atoms with van der Waals surface area (Å²) in [5, 5.41) is 11.6. The van der Waals surface area contributed by atoms with E-state index in [0.717, 1.165) is 13.2 Å². The van der Waals surface area contributed by atoms with Gasteiger partial charge in [-0.15, -0.1) is 0 Å². The van der Waals surface area contributed by atoms with Gasteiger partial charge in [-0.25, -0.2) is 9.59 Å². The molecule has 4 aliphatic heterocycles. The van der Waals surface area contributed by atoms with E-state index in [4.69, 9.17) is 51.6 Å². The molecule has 0 spiro atoms. The van der Waals surface area contributed by atoms with Crippen molar-refractivity contribution >= 4 is 35.1 Å². The SMILES string of the molecule is C1CCOC1.O=C(O[C@H]1C2OC3O[C@@H]1C(O)[C@H](O3)[C@H]2OC(=O)c1ccc(Cl)cc1)c1ccc(Cl)cc1. The van der Waals surface area contributed by atoms with Crippen LogP contribution in [0.5, 0.6) is 0 Å². The highest BCUT2D eigenvalue weighted by molar-refractivity contribution is 6.31. The van der Waals surface area contributed by atoms with Crippen LogP contribution in [0.4, 0.5) is 0 Å². The molecule has 2 aromatic carbocycles. The fourth-order valence-corrected chi connectivity index (χ4v) is 4.67. The Morgan fingerprint density at radius 3 is 1.53 bits per heavy atom. The average Bonchev–Trinajstić information content (AvgIpc) is 3.47. The molecular weight excluding hydrogens is 515 g/mol. The molecule has 5 fully saturated rings. The van der Waals surface area contributed by atoms with Crippen LogP contribution >= 0.6 is 23.2 Å². The number of benzene rings is 2. The molecule has 7 atom stereocenters. The van der Waals surface area contributed by atoms with Crippen LogP contribution in [0.2, 0.25) is 10.0 Å². The van der Waals surface area contributed by atoms with Gasteiger partial charge in [0.15, 0.2) is 12.2 Å². The molecule has 3 unspecified atom stereocenters. The molecule has 0 aromatic heterocycles. The summed E-state index contributed by atoms with van der Waals surface area (Å²) in [6.07, 6.45) is -3.32. The van der Waals surface area contributed by atoms with Gasteiger partial charge in [0.25, 0.3) is 6.48 Å². The predicted molar refractivity (Wildman–Crippen MR) is 126 cm³/mol. The summed E-state index contributed by atoms with van der Waals surface area (Å²) < 4.78 is 32.8. The quantitative estimate of drug-likeness (QED) is 0.585. The van der Waals surface area contributed by atoms with E-state index in [-0.39, 0.29) is 11.1 Å². The number of hydrogen-bond donors (Lipinski definition) is 1. The van der Waals surface area contributed by atoms with E-state index >= 15 is 0 Å². The zero-order chi connectivity index (χ0) is 25.2. The molecule has 5 aliphatic rings. The third kappa shape index (κ3) is 5.38. The molecule has 11 heteroatoms.